The van der Waals surface area contributed by atoms with Gasteiger partial charge in [-0.05, 0) is 43.4 Å². The number of nitrogens with one attached hydrogen (secondary N) is 1. The van der Waals surface area contributed by atoms with E-state index in [4.69, 9.17) is 5.73 Å². The van der Waals surface area contributed by atoms with E-state index in [1.807, 2.05) is 19.1 Å². The zero-order valence-electron chi connectivity index (χ0n) is 12.6. The lowest BCUT2D eigenvalue weighted by Gasteiger charge is -2.37. The molecule has 0 spiro atoms. The van der Waals surface area contributed by atoms with Crippen LogP contribution >= 0.6 is 0 Å². The summed E-state index contributed by atoms with van der Waals surface area (Å²) in [5, 5.41) is 2.79. The van der Waals surface area contributed by atoms with E-state index < -0.39 is 0 Å². The van der Waals surface area contributed by atoms with Gasteiger partial charge in [0.05, 0.1) is 11.4 Å². The molecule has 0 bridgehead atoms. The number of benzene rings is 1. The predicted octanol–water partition coefficient (Wildman–Crippen LogP) is 2.50. The van der Waals surface area contributed by atoms with Gasteiger partial charge >= 0.3 is 0 Å². The summed E-state index contributed by atoms with van der Waals surface area (Å²) >= 11 is 0. The van der Waals surface area contributed by atoms with Crippen LogP contribution in [0.1, 0.15) is 37.6 Å². The van der Waals surface area contributed by atoms with Crippen LogP contribution in [0, 0.1) is 11.8 Å². The van der Waals surface area contributed by atoms with Crippen LogP contribution in [0.25, 0.3) is 0 Å². The number of rotatable bonds is 3. The van der Waals surface area contributed by atoms with Crippen molar-refractivity contribution in [3.05, 3.63) is 23.8 Å². The number of nitrogen functional groups attached to an aromatic ring is 1. The molecule has 0 radical (unpaired) electrons. The molecule has 4 heteroatoms. The van der Waals surface area contributed by atoms with Gasteiger partial charge in [-0.3, -0.25) is 4.79 Å². The summed E-state index contributed by atoms with van der Waals surface area (Å²) in [6, 6.07) is 5.62. The first-order chi connectivity index (χ1) is 9.51. The van der Waals surface area contributed by atoms with Gasteiger partial charge in [0.1, 0.15) is 0 Å². The fraction of sp³-hybridized carbons (Fsp3) is 0.562. The zero-order chi connectivity index (χ0) is 14.7. The van der Waals surface area contributed by atoms with Crippen molar-refractivity contribution in [2.24, 2.45) is 11.8 Å². The molecule has 1 fully saturated rings. The van der Waals surface area contributed by atoms with Crippen LogP contribution in [-0.4, -0.2) is 25.5 Å². The minimum atomic E-state index is -0.0638. The number of carbonyl (C=O) groups excluding carboxylic acids is 1. The topological polar surface area (TPSA) is 58.4 Å². The first-order valence-corrected chi connectivity index (χ1v) is 7.44. The summed E-state index contributed by atoms with van der Waals surface area (Å²) in [6.45, 7) is 9.17. The Labute approximate surface area is 121 Å². The molecule has 110 valence electrons. The summed E-state index contributed by atoms with van der Waals surface area (Å²) < 4.78 is 0. The van der Waals surface area contributed by atoms with Gasteiger partial charge in [0.15, 0.2) is 0 Å². The first-order valence-electron chi connectivity index (χ1n) is 7.44. The highest BCUT2D eigenvalue weighted by atomic mass is 16.1. The molecule has 1 amide bonds. The number of amides is 1. The van der Waals surface area contributed by atoms with Crippen LogP contribution in [0.5, 0.6) is 0 Å². The predicted molar refractivity (Wildman–Crippen MR) is 84.0 cm³/mol. The SMILES string of the molecule is CCNC(=O)c1ccc(N2CC(C)CC(C)C2)c(N)c1. The Kier molecular flexibility index (Phi) is 4.53. The molecule has 1 saturated heterocycles. The number of anilines is 2. The Bertz CT molecular complexity index is 477. The van der Waals surface area contributed by atoms with Crippen LogP contribution < -0.4 is 16.0 Å². The third-order valence-electron chi connectivity index (χ3n) is 3.84. The molecule has 2 rings (SSSR count). The van der Waals surface area contributed by atoms with Crippen LogP contribution in [0.4, 0.5) is 11.4 Å². The number of hydrogen-bond donors (Lipinski definition) is 2. The molecule has 0 saturated carbocycles. The highest BCUT2D eigenvalue weighted by Crippen LogP contribution is 2.30. The highest BCUT2D eigenvalue weighted by molar-refractivity contribution is 5.96. The van der Waals surface area contributed by atoms with Gasteiger partial charge in [0, 0.05) is 25.2 Å². The smallest absolute Gasteiger partial charge is 0.251 e. The molecule has 2 atom stereocenters. The van der Waals surface area contributed by atoms with Crippen molar-refractivity contribution in [2.75, 3.05) is 30.3 Å². The first kappa shape index (κ1) is 14.7. The van der Waals surface area contributed by atoms with Crippen LogP contribution in [0.2, 0.25) is 0 Å². The molecular weight excluding hydrogens is 250 g/mol. The molecule has 0 aliphatic carbocycles. The highest BCUT2D eigenvalue weighted by Gasteiger charge is 2.23. The standard InChI is InChI=1S/C16H25N3O/c1-4-18-16(20)13-5-6-15(14(17)8-13)19-9-11(2)7-12(3)10-19/h5-6,8,11-12H,4,7,9-10,17H2,1-3H3,(H,18,20). The Balaban J connectivity index is 2.19. The van der Waals surface area contributed by atoms with Crippen molar-refractivity contribution < 1.29 is 4.79 Å². The summed E-state index contributed by atoms with van der Waals surface area (Å²) in [4.78, 5) is 14.2. The number of carbonyl (C=O) groups is 1. The van der Waals surface area contributed by atoms with E-state index in [0.29, 0.717) is 29.6 Å². The maximum atomic E-state index is 11.8. The monoisotopic (exact) mass is 275 g/mol. The van der Waals surface area contributed by atoms with Gasteiger partial charge in [-0.15, -0.1) is 0 Å². The van der Waals surface area contributed by atoms with E-state index in [0.717, 1.165) is 18.8 Å². The maximum Gasteiger partial charge on any atom is 0.251 e. The van der Waals surface area contributed by atoms with E-state index in [-0.39, 0.29) is 5.91 Å². The van der Waals surface area contributed by atoms with Gasteiger partial charge < -0.3 is 16.0 Å². The number of nitrogens with two attached hydrogens (primary N) is 1. The van der Waals surface area contributed by atoms with Crippen molar-refractivity contribution in [3.8, 4) is 0 Å². The number of nitrogens with zero attached hydrogens (tertiary/aromatic N) is 1. The normalized spacial score (nSPS) is 22.6. The largest absolute Gasteiger partial charge is 0.397 e. The van der Waals surface area contributed by atoms with Gasteiger partial charge in [-0.25, -0.2) is 0 Å². The average Bonchev–Trinajstić information content (AvgIpc) is 2.37. The van der Waals surface area contributed by atoms with Crippen LogP contribution in [-0.2, 0) is 0 Å². The van der Waals surface area contributed by atoms with Crippen molar-refractivity contribution in [2.45, 2.75) is 27.2 Å². The Hall–Kier alpha value is -1.71. The Morgan fingerprint density at radius 3 is 2.55 bits per heavy atom. The second kappa shape index (κ2) is 6.16. The summed E-state index contributed by atoms with van der Waals surface area (Å²) in [5.41, 5.74) is 8.53. The fourth-order valence-electron chi connectivity index (χ4n) is 3.11. The Morgan fingerprint density at radius 1 is 1.35 bits per heavy atom. The minimum absolute atomic E-state index is 0.0638. The summed E-state index contributed by atoms with van der Waals surface area (Å²) in [5.74, 6) is 1.30. The van der Waals surface area contributed by atoms with Crippen molar-refractivity contribution in [1.29, 1.82) is 0 Å². The van der Waals surface area contributed by atoms with E-state index in [2.05, 4.69) is 24.1 Å². The van der Waals surface area contributed by atoms with Crippen LogP contribution in [0.3, 0.4) is 0 Å². The lowest BCUT2D eigenvalue weighted by atomic mass is 9.91. The lowest BCUT2D eigenvalue weighted by Crippen LogP contribution is -2.39. The third kappa shape index (κ3) is 3.24. The van der Waals surface area contributed by atoms with Gasteiger partial charge in [0.25, 0.3) is 5.91 Å². The van der Waals surface area contributed by atoms with Crippen molar-refractivity contribution >= 4 is 17.3 Å². The molecule has 1 aliphatic rings. The fourth-order valence-corrected chi connectivity index (χ4v) is 3.11. The molecule has 1 aromatic rings. The van der Waals surface area contributed by atoms with E-state index in [1.165, 1.54) is 6.42 Å². The zero-order valence-corrected chi connectivity index (χ0v) is 12.6. The lowest BCUT2D eigenvalue weighted by molar-refractivity contribution is 0.0956. The van der Waals surface area contributed by atoms with Crippen molar-refractivity contribution in [3.63, 3.8) is 0 Å². The second-order valence-electron chi connectivity index (χ2n) is 5.98. The molecule has 0 aromatic heterocycles. The molecule has 20 heavy (non-hydrogen) atoms. The molecule has 3 N–H and O–H groups in total. The molecular formula is C16H25N3O. The number of hydrogen-bond acceptors (Lipinski definition) is 3. The van der Waals surface area contributed by atoms with Gasteiger partial charge in [0.2, 0.25) is 0 Å². The summed E-state index contributed by atoms with van der Waals surface area (Å²) in [6.07, 6.45) is 1.27. The van der Waals surface area contributed by atoms with E-state index in [9.17, 15) is 4.79 Å². The van der Waals surface area contributed by atoms with Gasteiger partial charge in [-0.2, -0.15) is 0 Å². The molecule has 1 heterocycles. The average molecular weight is 275 g/mol. The quantitative estimate of drug-likeness (QED) is 0.833. The Morgan fingerprint density at radius 2 is 2.00 bits per heavy atom. The summed E-state index contributed by atoms with van der Waals surface area (Å²) in [7, 11) is 0. The molecule has 1 aromatic carbocycles. The number of piperidine rings is 1. The third-order valence-corrected chi connectivity index (χ3v) is 3.84. The van der Waals surface area contributed by atoms with E-state index in [1.54, 1.807) is 6.07 Å². The molecule has 1 aliphatic heterocycles. The molecule has 4 nitrogen and oxygen atoms in total. The van der Waals surface area contributed by atoms with Crippen molar-refractivity contribution in [1.82, 2.24) is 5.32 Å². The second-order valence-corrected chi connectivity index (χ2v) is 5.98. The van der Waals surface area contributed by atoms with E-state index >= 15 is 0 Å². The maximum absolute atomic E-state index is 11.8. The molecule has 2 unspecified atom stereocenters. The van der Waals surface area contributed by atoms with Crippen LogP contribution in [0.15, 0.2) is 18.2 Å². The van der Waals surface area contributed by atoms with Gasteiger partial charge in [-0.1, -0.05) is 13.8 Å². The minimum Gasteiger partial charge on any atom is -0.397 e.